The lowest BCUT2D eigenvalue weighted by atomic mass is 10.1. The van der Waals surface area contributed by atoms with Crippen molar-refractivity contribution >= 4 is 38.2 Å². The second-order valence-electron chi connectivity index (χ2n) is 9.16. The van der Waals surface area contributed by atoms with E-state index >= 15 is 0 Å². The van der Waals surface area contributed by atoms with E-state index in [1.807, 2.05) is 43.3 Å². The SMILES string of the molecule is CCOC(O)c1ccccc1N1CCN(C(=O)c2ccc(NS(=O)(=O)c3cccc4cccnc34)cc2)CC1. The molecule has 9 nitrogen and oxygen atoms in total. The number of sulfonamides is 1. The van der Waals surface area contributed by atoms with Gasteiger partial charge < -0.3 is 19.6 Å². The number of hydrogen-bond donors (Lipinski definition) is 2. The van der Waals surface area contributed by atoms with E-state index in [4.69, 9.17) is 4.74 Å². The first-order valence-corrected chi connectivity index (χ1v) is 14.2. The van der Waals surface area contributed by atoms with E-state index in [0.717, 1.165) is 11.1 Å². The Morgan fingerprint density at radius 3 is 2.44 bits per heavy atom. The van der Waals surface area contributed by atoms with Crippen LogP contribution < -0.4 is 9.62 Å². The number of amides is 1. The molecule has 1 atom stereocenters. The first-order chi connectivity index (χ1) is 18.9. The third-order valence-electron chi connectivity index (χ3n) is 6.70. The molecule has 1 fully saturated rings. The van der Waals surface area contributed by atoms with E-state index in [1.54, 1.807) is 47.5 Å². The number of carbonyl (C=O) groups excluding carboxylic acids is 1. The highest BCUT2D eigenvalue weighted by atomic mass is 32.2. The van der Waals surface area contributed by atoms with Crippen LogP contribution in [0.3, 0.4) is 0 Å². The summed E-state index contributed by atoms with van der Waals surface area (Å²) in [5.74, 6) is -0.120. The summed E-state index contributed by atoms with van der Waals surface area (Å²) in [6.45, 7) is 4.48. The molecule has 202 valence electrons. The quantitative estimate of drug-likeness (QED) is 0.321. The van der Waals surface area contributed by atoms with Gasteiger partial charge in [-0.2, -0.15) is 0 Å². The summed E-state index contributed by atoms with van der Waals surface area (Å²) in [6, 6.07) is 22.6. The minimum absolute atomic E-state index is 0.0916. The molecule has 2 heterocycles. The summed E-state index contributed by atoms with van der Waals surface area (Å²) >= 11 is 0. The highest BCUT2D eigenvalue weighted by molar-refractivity contribution is 7.93. The van der Waals surface area contributed by atoms with Crippen molar-refractivity contribution in [1.29, 1.82) is 0 Å². The van der Waals surface area contributed by atoms with Crippen LogP contribution in [0.4, 0.5) is 11.4 Å². The van der Waals surface area contributed by atoms with Crippen molar-refractivity contribution in [3.05, 3.63) is 96.2 Å². The third-order valence-corrected chi connectivity index (χ3v) is 8.12. The van der Waals surface area contributed by atoms with Gasteiger partial charge in [-0.25, -0.2) is 8.42 Å². The number of nitrogens with zero attached hydrogens (tertiary/aromatic N) is 3. The summed E-state index contributed by atoms with van der Waals surface area (Å²) in [4.78, 5) is 21.4. The zero-order valence-electron chi connectivity index (χ0n) is 21.5. The number of anilines is 2. The fraction of sp³-hybridized carbons (Fsp3) is 0.241. The zero-order chi connectivity index (χ0) is 27.4. The van der Waals surface area contributed by atoms with Crippen molar-refractivity contribution in [3.63, 3.8) is 0 Å². The van der Waals surface area contributed by atoms with Crippen LogP contribution in [0.2, 0.25) is 0 Å². The maximum Gasteiger partial charge on any atom is 0.264 e. The second-order valence-corrected chi connectivity index (χ2v) is 10.8. The molecular weight excluding hydrogens is 516 g/mol. The van der Waals surface area contributed by atoms with Gasteiger partial charge in [-0.15, -0.1) is 0 Å². The smallest absolute Gasteiger partial charge is 0.264 e. The van der Waals surface area contributed by atoms with Crippen molar-refractivity contribution < 1.29 is 23.1 Å². The van der Waals surface area contributed by atoms with Crippen LogP contribution in [-0.2, 0) is 14.8 Å². The molecule has 5 rings (SSSR count). The molecule has 1 aromatic heterocycles. The Labute approximate surface area is 227 Å². The number of fused-ring (bicyclic) bond motifs is 1. The van der Waals surface area contributed by atoms with Gasteiger partial charge in [0.2, 0.25) is 0 Å². The lowest BCUT2D eigenvalue weighted by Gasteiger charge is -2.37. The summed E-state index contributed by atoms with van der Waals surface area (Å²) in [6.07, 6.45) is 0.559. The number of nitrogens with one attached hydrogen (secondary N) is 1. The van der Waals surface area contributed by atoms with E-state index in [-0.39, 0.29) is 10.8 Å². The second kappa shape index (κ2) is 11.4. The first-order valence-electron chi connectivity index (χ1n) is 12.8. The number of ether oxygens (including phenoxy) is 1. The maximum absolute atomic E-state index is 13.2. The van der Waals surface area contributed by atoms with Gasteiger partial charge >= 0.3 is 0 Å². The molecule has 3 aromatic carbocycles. The number of aliphatic hydroxyl groups excluding tert-OH is 1. The van der Waals surface area contributed by atoms with Crippen LogP contribution in [0.5, 0.6) is 0 Å². The summed E-state index contributed by atoms with van der Waals surface area (Å²) in [5.41, 5.74) is 2.83. The van der Waals surface area contributed by atoms with Gasteiger partial charge in [-0.1, -0.05) is 36.4 Å². The average Bonchev–Trinajstić information content (AvgIpc) is 2.97. The fourth-order valence-electron chi connectivity index (χ4n) is 4.75. The van der Waals surface area contributed by atoms with Gasteiger partial charge in [0.15, 0.2) is 6.29 Å². The number of piperazine rings is 1. The van der Waals surface area contributed by atoms with Gasteiger partial charge in [0.05, 0.1) is 5.52 Å². The predicted molar refractivity (Wildman–Crippen MR) is 150 cm³/mol. The van der Waals surface area contributed by atoms with Crippen LogP contribution in [0, 0.1) is 0 Å². The molecule has 4 aromatic rings. The number of para-hydroxylation sites is 2. The van der Waals surface area contributed by atoms with Gasteiger partial charge in [-0.05, 0) is 49.4 Å². The number of aromatic nitrogens is 1. The molecule has 1 amide bonds. The van der Waals surface area contributed by atoms with E-state index in [9.17, 15) is 18.3 Å². The highest BCUT2D eigenvalue weighted by Gasteiger charge is 2.25. The van der Waals surface area contributed by atoms with Crippen molar-refractivity contribution in [3.8, 4) is 0 Å². The molecule has 0 bridgehead atoms. The lowest BCUT2D eigenvalue weighted by Crippen LogP contribution is -2.49. The molecule has 0 saturated carbocycles. The average molecular weight is 547 g/mol. The Bertz CT molecular complexity index is 1560. The number of benzene rings is 3. The van der Waals surface area contributed by atoms with Gasteiger partial charge in [0.1, 0.15) is 4.90 Å². The van der Waals surface area contributed by atoms with Gasteiger partial charge in [0.25, 0.3) is 15.9 Å². The van der Waals surface area contributed by atoms with Crippen LogP contribution in [0.1, 0.15) is 29.1 Å². The molecule has 1 aliphatic rings. The number of aliphatic hydroxyl groups is 1. The van der Waals surface area contributed by atoms with Crippen molar-refractivity contribution in [2.75, 3.05) is 42.4 Å². The molecule has 1 unspecified atom stereocenters. The Kier molecular flexibility index (Phi) is 7.78. The van der Waals surface area contributed by atoms with E-state index in [2.05, 4.69) is 14.6 Å². The van der Waals surface area contributed by atoms with Crippen LogP contribution in [0.15, 0.2) is 90.0 Å². The van der Waals surface area contributed by atoms with Crippen LogP contribution in [-0.4, -0.2) is 62.1 Å². The van der Waals surface area contributed by atoms with Crippen molar-refractivity contribution in [2.24, 2.45) is 0 Å². The molecule has 1 saturated heterocycles. The predicted octanol–water partition coefficient (Wildman–Crippen LogP) is 4.03. The Balaban J connectivity index is 1.24. The fourth-order valence-corrected chi connectivity index (χ4v) is 5.99. The molecule has 10 heteroatoms. The molecule has 39 heavy (non-hydrogen) atoms. The number of pyridine rings is 1. The third kappa shape index (κ3) is 5.73. The first kappa shape index (κ1) is 26.6. The molecule has 0 radical (unpaired) electrons. The lowest BCUT2D eigenvalue weighted by molar-refractivity contribution is -0.0976. The molecule has 0 aliphatic carbocycles. The summed E-state index contributed by atoms with van der Waals surface area (Å²) in [7, 11) is -3.88. The Morgan fingerprint density at radius 1 is 0.974 bits per heavy atom. The normalized spacial score (nSPS) is 14.8. The van der Waals surface area contributed by atoms with E-state index < -0.39 is 16.3 Å². The molecule has 2 N–H and O–H groups in total. The van der Waals surface area contributed by atoms with Crippen molar-refractivity contribution in [2.45, 2.75) is 18.1 Å². The summed E-state index contributed by atoms with van der Waals surface area (Å²) < 4.78 is 34.1. The van der Waals surface area contributed by atoms with Crippen LogP contribution in [0.25, 0.3) is 10.9 Å². The standard InChI is InChI=1S/C29H30N4O5S/c1-2-38-29(35)24-9-3-4-10-25(24)32-17-19-33(20-18-32)28(34)22-12-14-23(15-13-22)31-39(36,37)26-11-5-7-21-8-6-16-30-27(21)26/h3-16,29,31,35H,2,17-20H2,1H3. The maximum atomic E-state index is 13.2. The number of rotatable bonds is 8. The minimum atomic E-state index is -3.88. The topological polar surface area (TPSA) is 112 Å². The van der Waals surface area contributed by atoms with Crippen LogP contribution >= 0.6 is 0 Å². The Morgan fingerprint density at radius 2 is 1.69 bits per heavy atom. The molecular formula is C29H30N4O5S. The summed E-state index contributed by atoms with van der Waals surface area (Å²) in [5, 5.41) is 11.1. The molecule has 1 aliphatic heterocycles. The largest absolute Gasteiger partial charge is 0.368 e. The van der Waals surface area contributed by atoms with Crippen molar-refractivity contribution in [1.82, 2.24) is 9.88 Å². The zero-order valence-corrected chi connectivity index (χ0v) is 22.3. The monoisotopic (exact) mass is 546 g/mol. The van der Waals surface area contributed by atoms with Gasteiger partial charge in [-0.3, -0.25) is 14.5 Å². The number of carbonyl (C=O) groups is 1. The minimum Gasteiger partial charge on any atom is -0.368 e. The molecule has 0 spiro atoms. The highest BCUT2D eigenvalue weighted by Crippen LogP contribution is 2.28. The van der Waals surface area contributed by atoms with E-state index in [0.29, 0.717) is 55.1 Å². The number of hydrogen-bond acceptors (Lipinski definition) is 7. The Hall–Kier alpha value is -3.99. The van der Waals surface area contributed by atoms with E-state index in [1.165, 1.54) is 6.07 Å². The van der Waals surface area contributed by atoms with Gasteiger partial charge in [0, 0.05) is 66.9 Å².